The number of carbonyl (C=O) groups excluding carboxylic acids is 2. The average molecular weight is 358 g/mol. The summed E-state index contributed by atoms with van der Waals surface area (Å²) in [5.41, 5.74) is -0.534. The minimum atomic E-state index is -1.19. The monoisotopic (exact) mass is 358 g/mol. The molecule has 0 amide bonds. The molecule has 2 aliphatic rings. The van der Waals surface area contributed by atoms with Crippen LogP contribution in [0.4, 0.5) is 10.8 Å². The fourth-order valence-corrected chi connectivity index (χ4v) is 4.42. The zero-order valence-electron chi connectivity index (χ0n) is 13.9. The zero-order chi connectivity index (χ0) is 17.7. The molecule has 0 bridgehead atoms. The van der Waals surface area contributed by atoms with Gasteiger partial charge in [-0.15, -0.1) is 11.3 Å². The number of nitrogens with zero attached hydrogens (tertiary/aromatic N) is 1. The maximum absolute atomic E-state index is 12.5. The molecule has 0 saturated carbocycles. The number of para-hydroxylation sites is 1. The van der Waals surface area contributed by atoms with Crippen LogP contribution in [-0.4, -0.2) is 23.0 Å². The van der Waals surface area contributed by atoms with Crippen molar-refractivity contribution in [2.24, 2.45) is 5.41 Å². The SMILES string of the molecule is C[C@@H]1C[C@]2(C[C@](C)(c3csc(Nc4ccccc4)n3)OC2=O)C(=O)O1. The molecule has 6 nitrogen and oxygen atoms in total. The Morgan fingerprint density at radius 3 is 2.68 bits per heavy atom. The Morgan fingerprint density at radius 1 is 1.24 bits per heavy atom. The first kappa shape index (κ1) is 16.1. The van der Waals surface area contributed by atoms with Crippen molar-refractivity contribution in [3.63, 3.8) is 0 Å². The molecule has 7 heteroatoms. The van der Waals surface area contributed by atoms with Crippen LogP contribution in [0.5, 0.6) is 0 Å². The van der Waals surface area contributed by atoms with Crippen LogP contribution in [0.25, 0.3) is 0 Å². The van der Waals surface area contributed by atoms with E-state index in [-0.39, 0.29) is 12.5 Å². The molecule has 25 heavy (non-hydrogen) atoms. The highest BCUT2D eigenvalue weighted by atomic mass is 32.1. The Labute approximate surface area is 149 Å². The van der Waals surface area contributed by atoms with Gasteiger partial charge in [0.05, 0.1) is 5.69 Å². The van der Waals surface area contributed by atoms with E-state index in [1.807, 2.05) is 35.7 Å². The molecule has 130 valence electrons. The number of cyclic esters (lactones) is 2. The van der Waals surface area contributed by atoms with E-state index < -0.39 is 23.0 Å². The van der Waals surface area contributed by atoms with E-state index in [4.69, 9.17) is 9.47 Å². The van der Waals surface area contributed by atoms with E-state index in [1.165, 1.54) is 11.3 Å². The Balaban J connectivity index is 1.58. The number of thiazole rings is 1. The number of nitrogens with one attached hydrogen (secondary N) is 1. The fourth-order valence-electron chi connectivity index (χ4n) is 3.57. The minimum Gasteiger partial charge on any atom is -0.462 e. The third-order valence-electron chi connectivity index (χ3n) is 4.75. The second-order valence-electron chi connectivity index (χ2n) is 6.83. The number of carbonyl (C=O) groups is 2. The molecule has 2 aliphatic heterocycles. The van der Waals surface area contributed by atoms with Crippen LogP contribution in [0.1, 0.15) is 32.4 Å². The summed E-state index contributed by atoms with van der Waals surface area (Å²) < 4.78 is 10.8. The summed E-state index contributed by atoms with van der Waals surface area (Å²) in [6.07, 6.45) is 0.351. The topological polar surface area (TPSA) is 77.5 Å². The Morgan fingerprint density at radius 2 is 2.00 bits per heavy atom. The van der Waals surface area contributed by atoms with Gasteiger partial charge < -0.3 is 14.8 Å². The zero-order valence-corrected chi connectivity index (χ0v) is 14.8. The van der Waals surface area contributed by atoms with Crippen molar-refractivity contribution >= 4 is 34.1 Å². The lowest BCUT2D eigenvalue weighted by molar-refractivity contribution is -0.160. The first-order valence-electron chi connectivity index (χ1n) is 8.14. The van der Waals surface area contributed by atoms with Crippen LogP contribution in [0.2, 0.25) is 0 Å². The summed E-state index contributed by atoms with van der Waals surface area (Å²) in [6, 6.07) is 9.71. The molecule has 0 unspecified atom stereocenters. The number of benzene rings is 1. The molecule has 0 aliphatic carbocycles. The molecular weight excluding hydrogens is 340 g/mol. The van der Waals surface area contributed by atoms with Crippen molar-refractivity contribution in [2.75, 3.05) is 5.32 Å². The van der Waals surface area contributed by atoms with Crippen LogP contribution in [0.3, 0.4) is 0 Å². The van der Waals surface area contributed by atoms with E-state index in [2.05, 4.69) is 10.3 Å². The number of aromatic nitrogens is 1. The normalized spacial score (nSPS) is 31.2. The van der Waals surface area contributed by atoms with Gasteiger partial charge in [0.15, 0.2) is 16.1 Å². The van der Waals surface area contributed by atoms with Crippen molar-refractivity contribution in [1.82, 2.24) is 4.98 Å². The van der Waals surface area contributed by atoms with Crippen molar-refractivity contribution in [1.29, 1.82) is 0 Å². The summed E-state index contributed by atoms with van der Waals surface area (Å²) in [6.45, 7) is 3.59. The summed E-state index contributed by atoms with van der Waals surface area (Å²) >= 11 is 1.43. The highest BCUT2D eigenvalue weighted by Crippen LogP contribution is 2.52. The number of rotatable bonds is 3. The van der Waals surface area contributed by atoms with Gasteiger partial charge >= 0.3 is 11.9 Å². The Kier molecular flexibility index (Phi) is 3.57. The van der Waals surface area contributed by atoms with E-state index in [9.17, 15) is 9.59 Å². The second-order valence-corrected chi connectivity index (χ2v) is 7.69. The largest absolute Gasteiger partial charge is 0.462 e. The highest BCUT2D eigenvalue weighted by molar-refractivity contribution is 7.13. The molecule has 1 aromatic heterocycles. The maximum atomic E-state index is 12.5. The molecule has 4 rings (SSSR count). The second kappa shape index (κ2) is 5.56. The minimum absolute atomic E-state index is 0.260. The lowest BCUT2D eigenvalue weighted by atomic mass is 9.78. The number of anilines is 2. The third kappa shape index (κ3) is 2.59. The van der Waals surface area contributed by atoms with Crippen LogP contribution < -0.4 is 5.32 Å². The summed E-state index contributed by atoms with van der Waals surface area (Å²) in [5.74, 6) is -0.985. The molecule has 2 saturated heterocycles. The van der Waals surface area contributed by atoms with Gasteiger partial charge in [-0.1, -0.05) is 18.2 Å². The molecule has 1 spiro atoms. The van der Waals surface area contributed by atoms with Gasteiger partial charge in [0, 0.05) is 23.9 Å². The lowest BCUT2D eigenvalue weighted by Crippen LogP contribution is -2.31. The first-order chi connectivity index (χ1) is 11.9. The smallest absolute Gasteiger partial charge is 0.324 e. The number of esters is 2. The van der Waals surface area contributed by atoms with Crippen LogP contribution in [-0.2, 0) is 24.7 Å². The van der Waals surface area contributed by atoms with E-state index in [0.717, 1.165) is 5.69 Å². The van der Waals surface area contributed by atoms with Gasteiger partial charge in [-0.2, -0.15) is 0 Å². The Bertz CT molecular complexity index is 837. The van der Waals surface area contributed by atoms with Gasteiger partial charge in [0.2, 0.25) is 0 Å². The van der Waals surface area contributed by atoms with Crippen molar-refractivity contribution in [3.05, 3.63) is 41.4 Å². The number of hydrogen-bond donors (Lipinski definition) is 1. The molecule has 1 N–H and O–H groups in total. The molecule has 3 atom stereocenters. The standard InChI is InChI=1S/C18H18N2O4S/c1-11-8-18(14(21)23-11)10-17(2,24-15(18)22)13-9-25-16(20-13)19-12-6-4-3-5-7-12/h3-7,9,11H,8,10H2,1-2H3,(H,19,20)/t11-,17-,18+/m1/s1. The Hall–Kier alpha value is -2.41. The van der Waals surface area contributed by atoms with E-state index >= 15 is 0 Å². The van der Waals surface area contributed by atoms with E-state index in [1.54, 1.807) is 13.8 Å². The van der Waals surface area contributed by atoms with Crippen LogP contribution in [0, 0.1) is 5.41 Å². The molecule has 0 radical (unpaired) electrons. The average Bonchev–Trinajstić information content (AvgIpc) is 3.20. The molecule has 3 heterocycles. The summed E-state index contributed by atoms with van der Waals surface area (Å²) in [5, 5.41) is 5.80. The predicted octanol–water partition coefficient (Wildman–Crippen LogP) is 3.37. The quantitative estimate of drug-likeness (QED) is 0.669. The first-order valence-corrected chi connectivity index (χ1v) is 9.02. The summed E-state index contributed by atoms with van der Waals surface area (Å²) in [4.78, 5) is 29.3. The maximum Gasteiger partial charge on any atom is 0.324 e. The van der Waals surface area contributed by atoms with Gasteiger partial charge in [-0.25, -0.2) is 4.98 Å². The number of hydrogen-bond acceptors (Lipinski definition) is 7. The molecule has 2 fully saturated rings. The van der Waals surface area contributed by atoms with Crippen LogP contribution in [0.15, 0.2) is 35.7 Å². The summed E-state index contributed by atoms with van der Waals surface area (Å²) in [7, 11) is 0. The predicted molar refractivity (Wildman–Crippen MR) is 92.5 cm³/mol. The molecular formula is C18H18N2O4S. The fraction of sp³-hybridized carbons (Fsp3) is 0.389. The highest BCUT2D eigenvalue weighted by Gasteiger charge is 2.65. The molecule has 1 aromatic carbocycles. The third-order valence-corrected chi connectivity index (χ3v) is 5.51. The lowest BCUT2D eigenvalue weighted by Gasteiger charge is -2.20. The number of ether oxygens (including phenoxy) is 2. The van der Waals surface area contributed by atoms with E-state index in [0.29, 0.717) is 17.2 Å². The van der Waals surface area contributed by atoms with Gasteiger partial charge in [-0.3, -0.25) is 9.59 Å². The molecule has 2 aromatic rings. The van der Waals surface area contributed by atoms with Crippen LogP contribution >= 0.6 is 11.3 Å². The van der Waals surface area contributed by atoms with Gasteiger partial charge in [-0.05, 0) is 26.0 Å². The van der Waals surface area contributed by atoms with Crippen molar-refractivity contribution in [2.45, 2.75) is 38.4 Å². The van der Waals surface area contributed by atoms with Crippen molar-refractivity contribution in [3.8, 4) is 0 Å². The van der Waals surface area contributed by atoms with Gasteiger partial charge in [0.1, 0.15) is 6.10 Å². The van der Waals surface area contributed by atoms with Crippen molar-refractivity contribution < 1.29 is 19.1 Å². The van der Waals surface area contributed by atoms with Gasteiger partial charge in [0.25, 0.3) is 0 Å².